The summed E-state index contributed by atoms with van der Waals surface area (Å²) >= 11 is 0. The highest BCUT2D eigenvalue weighted by Crippen LogP contribution is 2.13. The van der Waals surface area contributed by atoms with E-state index >= 15 is 0 Å². The summed E-state index contributed by atoms with van der Waals surface area (Å²) < 4.78 is 9.79. The predicted molar refractivity (Wildman–Crippen MR) is 84.2 cm³/mol. The van der Waals surface area contributed by atoms with E-state index in [1.165, 1.54) is 7.11 Å². The molecule has 2 N–H and O–H groups in total. The van der Waals surface area contributed by atoms with Crippen molar-refractivity contribution in [2.45, 2.75) is 13.0 Å². The molecular weight excluding hydrogens is 314 g/mol. The zero-order valence-electron chi connectivity index (χ0n) is 13.0. The lowest BCUT2D eigenvalue weighted by Gasteiger charge is -2.14. The van der Waals surface area contributed by atoms with Crippen LogP contribution in [0.5, 0.6) is 5.75 Å². The van der Waals surface area contributed by atoms with Crippen LogP contribution in [0.15, 0.2) is 47.4 Å². The molecule has 7 nitrogen and oxygen atoms in total. The number of H-pyrrole nitrogens is 1. The van der Waals surface area contributed by atoms with Gasteiger partial charge in [-0.1, -0.05) is 30.3 Å². The van der Waals surface area contributed by atoms with Crippen molar-refractivity contribution in [1.29, 1.82) is 0 Å². The summed E-state index contributed by atoms with van der Waals surface area (Å²) in [5.74, 6) is -3.17. The number of pyridine rings is 1. The Labute approximate surface area is 137 Å². The Kier molecular flexibility index (Phi) is 5.73. The van der Waals surface area contributed by atoms with Crippen LogP contribution in [0.3, 0.4) is 0 Å². The maximum atomic E-state index is 12.2. The van der Waals surface area contributed by atoms with E-state index in [9.17, 15) is 19.5 Å². The molecule has 0 radical (unpaired) electrons. The minimum Gasteiger partial charge on any atom is -0.503 e. The third-order valence-corrected chi connectivity index (χ3v) is 3.37. The van der Waals surface area contributed by atoms with Crippen molar-refractivity contribution < 1.29 is 24.2 Å². The van der Waals surface area contributed by atoms with Crippen LogP contribution in [0, 0.1) is 5.92 Å². The van der Waals surface area contributed by atoms with Gasteiger partial charge in [0.05, 0.1) is 7.11 Å². The molecule has 7 heteroatoms. The van der Waals surface area contributed by atoms with Gasteiger partial charge in [0.1, 0.15) is 6.61 Å². The van der Waals surface area contributed by atoms with Gasteiger partial charge in [-0.2, -0.15) is 0 Å². The van der Waals surface area contributed by atoms with Crippen molar-refractivity contribution in [2.24, 2.45) is 5.92 Å². The van der Waals surface area contributed by atoms with Gasteiger partial charge in [-0.25, -0.2) is 0 Å². The fraction of sp³-hybridized carbons (Fsp3) is 0.235. The number of nitrogens with one attached hydrogen (secondary N) is 1. The van der Waals surface area contributed by atoms with Crippen molar-refractivity contribution >= 4 is 11.9 Å². The Bertz CT molecular complexity index is 768. The topological polar surface area (TPSA) is 106 Å². The normalized spacial score (nSPS) is 11.5. The molecule has 0 aliphatic carbocycles. The second kappa shape index (κ2) is 7.96. The number of carbonyl (C=O) groups is 2. The van der Waals surface area contributed by atoms with Gasteiger partial charge in [-0.05, 0) is 5.56 Å². The van der Waals surface area contributed by atoms with E-state index in [-0.39, 0.29) is 13.0 Å². The zero-order chi connectivity index (χ0) is 17.5. The minimum atomic E-state index is -1.21. The van der Waals surface area contributed by atoms with Gasteiger partial charge in [-0.15, -0.1) is 0 Å². The van der Waals surface area contributed by atoms with Crippen molar-refractivity contribution in [1.82, 2.24) is 4.98 Å². The molecule has 2 aromatic rings. The van der Waals surface area contributed by atoms with E-state index in [0.717, 1.165) is 17.8 Å². The number of carbonyl (C=O) groups excluding carboxylic acids is 2. The average Bonchev–Trinajstić information content (AvgIpc) is 2.60. The standard InChI is InChI=1S/C17H17NO6/c1-23-16(21)13(7-12-8-14(19)15(20)9-18-12)17(22)24-10-11-5-3-2-4-6-11/h2-6,8-9,13,20H,7,10H2,1H3,(H,18,19)/t13-/m0/s1. The molecule has 0 aliphatic rings. The molecule has 0 saturated heterocycles. The number of rotatable bonds is 6. The van der Waals surface area contributed by atoms with E-state index in [1.807, 2.05) is 18.2 Å². The van der Waals surface area contributed by atoms with Crippen molar-refractivity contribution in [3.8, 4) is 5.75 Å². The number of aromatic amines is 1. The van der Waals surface area contributed by atoms with Gasteiger partial charge in [0.15, 0.2) is 11.7 Å². The van der Waals surface area contributed by atoms with Crippen LogP contribution < -0.4 is 5.43 Å². The first kappa shape index (κ1) is 17.3. The number of esters is 2. The number of aromatic nitrogens is 1. The summed E-state index contributed by atoms with van der Waals surface area (Å²) in [5, 5.41) is 9.23. The fourth-order valence-electron chi connectivity index (χ4n) is 2.08. The second-order valence-electron chi connectivity index (χ2n) is 5.08. The number of benzene rings is 1. The van der Waals surface area contributed by atoms with E-state index in [4.69, 9.17) is 4.74 Å². The van der Waals surface area contributed by atoms with Gasteiger partial charge < -0.3 is 19.6 Å². The molecule has 0 saturated carbocycles. The highest BCUT2D eigenvalue weighted by Gasteiger charge is 2.30. The molecule has 126 valence electrons. The third kappa shape index (κ3) is 4.45. The molecular formula is C17H17NO6. The second-order valence-corrected chi connectivity index (χ2v) is 5.08. The maximum absolute atomic E-state index is 12.2. The van der Waals surface area contributed by atoms with Crippen LogP contribution >= 0.6 is 0 Å². The molecule has 0 amide bonds. The molecule has 0 bridgehead atoms. The Morgan fingerprint density at radius 2 is 1.92 bits per heavy atom. The summed E-state index contributed by atoms with van der Waals surface area (Å²) in [6.07, 6.45) is 0.997. The first-order chi connectivity index (χ1) is 11.5. The van der Waals surface area contributed by atoms with Crippen molar-refractivity contribution in [2.75, 3.05) is 7.11 Å². The molecule has 1 atom stereocenters. The van der Waals surface area contributed by atoms with E-state index < -0.39 is 29.0 Å². The Hall–Kier alpha value is -3.09. The lowest BCUT2D eigenvalue weighted by atomic mass is 10.0. The number of methoxy groups -OCH3 is 1. The zero-order valence-corrected chi connectivity index (χ0v) is 13.0. The van der Waals surface area contributed by atoms with E-state index in [2.05, 4.69) is 9.72 Å². The van der Waals surface area contributed by atoms with Crippen LogP contribution in [0.25, 0.3) is 0 Å². The summed E-state index contributed by atoms with van der Waals surface area (Å²) in [6, 6.07) is 10.2. The van der Waals surface area contributed by atoms with E-state index in [1.54, 1.807) is 12.1 Å². The largest absolute Gasteiger partial charge is 0.503 e. The molecule has 0 unspecified atom stereocenters. The Morgan fingerprint density at radius 3 is 2.54 bits per heavy atom. The highest BCUT2D eigenvalue weighted by atomic mass is 16.5. The van der Waals surface area contributed by atoms with Gasteiger partial charge in [-0.3, -0.25) is 14.4 Å². The van der Waals surface area contributed by atoms with Crippen molar-refractivity contribution in [3.63, 3.8) is 0 Å². The first-order valence-electron chi connectivity index (χ1n) is 7.20. The number of aromatic hydroxyl groups is 1. The van der Waals surface area contributed by atoms with Crippen molar-refractivity contribution in [3.05, 3.63) is 64.1 Å². The predicted octanol–water partition coefficient (Wildman–Crippen LogP) is 1.16. The van der Waals surface area contributed by atoms with Gasteiger partial charge in [0.25, 0.3) is 0 Å². The number of hydrogen-bond acceptors (Lipinski definition) is 6. The summed E-state index contributed by atoms with van der Waals surface area (Å²) in [5.41, 5.74) is 0.488. The van der Waals surface area contributed by atoms with Gasteiger partial charge in [0.2, 0.25) is 5.43 Å². The molecule has 1 heterocycles. The SMILES string of the molecule is COC(=O)[C@H](Cc1cc(=O)c(O)c[nH]1)C(=O)OCc1ccccc1. The Balaban J connectivity index is 2.09. The number of ether oxygens (including phenoxy) is 2. The minimum absolute atomic E-state index is 0.0270. The summed E-state index contributed by atoms with van der Waals surface area (Å²) in [7, 11) is 1.17. The van der Waals surface area contributed by atoms with Crippen LogP contribution in [-0.2, 0) is 32.1 Å². The van der Waals surface area contributed by atoms with Crippen LogP contribution in [0.1, 0.15) is 11.3 Å². The van der Waals surface area contributed by atoms with Crippen LogP contribution in [-0.4, -0.2) is 29.1 Å². The van der Waals surface area contributed by atoms with E-state index in [0.29, 0.717) is 5.69 Å². The van der Waals surface area contributed by atoms with Gasteiger partial charge >= 0.3 is 11.9 Å². The van der Waals surface area contributed by atoms with Crippen LogP contribution in [0.4, 0.5) is 0 Å². The van der Waals surface area contributed by atoms with Crippen LogP contribution in [0.2, 0.25) is 0 Å². The molecule has 0 spiro atoms. The lowest BCUT2D eigenvalue weighted by molar-refractivity contribution is -0.161. The average molecular weight is 331 g/mol. The quantitative estimate of drug-likeness (QED) is 0.608. The number of hydrogen-bond donors (Lipinski definition) is 2. The monoisotopic (exact) mass is 331 g/mol. The summed E-state index contributed by atoms with van der Waals surface area (Å²) in [6.45, 7) is 0.0270. The third-order valence-electron chi connectivity index (χ3n) is 3.37. The molecule has 0 fully saturated rings. The molecule has 24 heavy (non-hydrogen) atoms. The Morgan fingerprint density at radius 1 is 1.21 bits per heavy atom. The molecule has 1 aromatic carbocycles. The smallest absolute Gasteiger partial charge is 0.321 e. The fourth-order valence-corrected chi connectivity index (χ4v) is 2.08. The highest BCUT2D eigenvalue weighted by molar-refractivity contribution is 5.95. The molecule has 2 rings (SSSR count). The molecule has 0 aliphatic heterocycles. The first-order valence-corrected chi connectivity index (χ1v) is 7.20. The lowest BCUT2D eigenvalue weighted by Crippen LogP contribution is -2.29. The maximum Gasteiger partial charge on any atom is 0.321 e. The summed E-state index contributed by atoms with van der Waals surface area (Å²) in [4.78, 5) is 38.2. The van der Waals surface area contributed by atoms with Gasteiger partial charge in [0, 0.05) is 24.4 Å². The molecule has 1 aromatic heterocycles.